The van der Waals surface area contributed by atoms with E-state index in [1.165, 1.54) is 73.6 Å². The molecule has 0 amide bonds. The third-order valence-electron chi connectivity index (χ3n) is 8.55. The molecule has 2 aromatic carbocycles. The van der Waals surface area contributed by atoms with Crippen molar-refractivity contribution in [3.63, 3.8) is 0 Å². The summed E-state index contributed by atoms with van der Waals surface area (Å²) in [4.78, 5) is 0. The Balaban J connectivity index is 0.000000797. The third-order valence-corrected chi connectivity index (χ3v) is 15.6. The number of hydrogen-bond donors (Lipinski definition) is 0. The molecular formula is C36H58FeP2. The first-order chi connectivity index (χ1) is 17.7. The Morgan fingerprint density at radius 3 is 1.28 bits per heavy atom. The minimum absolute atomic E-state index is 0. The Hall–Kier alpha value is -0.181. The molecule has 2 unspecified atom stereocenters. The predicted octanol–water partition coefficient (Wildman–Crippen LogP) is 10.9. The van der Waals surface area contributed by atoms with Gasteiger partial charge in [0, 0.05) is 17.1 Å². The van der Waals surface area contributed by atoms with Gasteiger partial charge in [0.2, 0.25) is 0 Å². The molecule has 2 aliphatic rings. The predicted molar refractivity (Wildman–Crippen MR) is 178 cm³/mol. The van der Waals surface area contributed by atoms with E-state index in [1.54, 1.807) is 10.6 Å². The largest absolute Gasteiger partial charge is 0.0921 e. The minimum Gasteiger partial charge on any atom is -0.0921 e. The van der Waals surface area contributed by atoms with Crippen LogP contribution in [0.5, 0.6) is 0 Å². The summed E-state index contributed by atoms with van der Waals surface area (Å²) in [6.07, 6.45) is 11.7. The van der Waals surface area contributed by atoms with Crippen LogP contribution in [0.1, 0.15) is 122 Å². The molecule has 2 aromatic rings. The van der Waals surface area contributed by atoms with E-state index in [1.807, 2.05) is 0 Å². The summed E-state index contributed by atoms with van der Waals surface area (Å²) in [6, 6.07) is 14.6. The van der Waals surface area contributed by atoms with Crippen molar-refractivity contribution in [3.05, 3.63) is 58.7 Å². The molecule has 0 nitrogen and oxygen atoms in total. The van der Waals surface area contributed by atoms with Gasteiger partial charge in [0.25, 0.3) is 0 Å². The molecule has 4 rings (SSSR count). The Kier molecular flexibility index (Phi) is 13.3. The van der Waals surface area contributed by atoms with Crippen molar-refractivity contribution in [2.75, 3.05) is 0 Å². The van der Waals surface area contributed by atoms with Gasteiger partial charge >= 0.3 is 0 Å². The van der Waals surface area contributed by atoms with Gasteiger partial charge in [0.05, 0.1) is 0 Å². The average Bonchev–Trinajstić information content (AvgIpc) is 3.46. The molecule has 0 spiro atoms. The Morgan fingerprint density at radius 1 is 0.590 bits per heavy atom. The molecule has 2 saturated carbocycles. The molecule has 0 saturated heterocycles. The van der Waals surface area contributed by atoms with Crippen molar-refractivity contribution in [1.82, 2.24) is 0 Å². The number of hydrogen-bond acceptors (Lipinski definition) is 0. The zero-order chi connectivity index (χ0) is 28.3. The van der Waals surface area contributed by atoms with Gasteiger partial charge in [-0.1, -0.05) is 154 Å². The third kappa shape index (κ3) is 9.67. The maximum absolute atomic E-state index is 2.61. The second-order valence-corrected chi connectivity index (χ2v) is 21.1. The standard InChI is InChI=1S/C31H48P2.C5H10.Fe/c1-21-15-22(2)18-26(17-21)32(27-19-23(3)16-24(4)20-27)25(5)28-13-12-14-29(28)33(30(6,7)8)31(9,10)11;1-2-4-5-3-1;/h15-20,25,28-29H,12-14H2,1-11H3;1-5H2;/t25-,28?,29?;;/m1../s1. The topological polar surface area (TPSA) is 0 Å². The van der Waals surface area contributed by atoms with Gasteiger partial charge in [-0.25, -0.2) is 0 Å². The molecule has 3 atom stereocenters. The Bertz CT molecular complexity index is 927. The summed E-state index contributed by atoms with van der Waals surface area (Å²) in [5, 5.41) is 3.95. The van der Waals surface area contributed by atoms with Crippen molar-refractivity contribution in [1.29, 1.82) is 0 Å². The summed E-state index contributed by atoms with van der Waals surface area (Å²) in [5.74, 6) is 0.822. The molecule has 0 N–H and O–H groups in total. The van der Waals surface area contributed by atoms with E-state index in [-0.39, 0.29) is 25.0 Å². The molecule has 220 valence electrons. The molecule has 2 fully saturated rings. The van der Waals surface area contributed by atoms with Crippen molar-refractivity contribution < 1.29 is 17.1 Å². The molecule has 0 aromatic heterocycles. The SMILES string of the molecule is C1CCCC1.Cc1cc(C)cc(P(c2cc(C)cc(C)c2)[C@H](C)C2CCCC2P(C(C)(C)C)C(C)(C)C)c1.[Fe]. The van der Waals surface area contributed by atoms with E-state index in [2.05, 4.69) is 113 Å². The maximum Gasteiger partial charge on any atom is 0 e. The molecule has 0 radical (unpaired) electrons. The number of rotatable bonds is 5. The van der Waals surface area contributed by atoms with E-state index < -0.39 is 7.92 Å². The first-order valence-corrected chi connectivity index (χ1v) is 18.3. The van der Waals surface area contributed by atoms with Gasteiger partial charge in [0.15, 0.2) is 0 Å². The van der Waals surface area contributed by atoms with Crippen molar-refractivity contribution in [2.45, 2.75) is 149 Å². The molecule has 0 bridgehead atoms. The summed E-state index contributed by atoms with van der Waals surface area (Å²) in [5.41, 5.74) is 7.20. The van der Waals surface area contributed by atoms with Gasteiger partial charge < -0.3 is 0 Å². The monoisotopic (exact) mass is 608 g/mol. The Morgan fingerprint density at radius 2 is 0.949 bits per heavy atom. The van der Waals surface area contributed by atoms with Gasteiger partial charge in [-0.2, -0.15) is 0 Å². The fourth-order valence-electron chi connectivity index (χ4n) is 7.73. The van der Waals surface area contributed by atoms with E-state index in [4.69, 9.17) is 0 Å². The minimum atomic E-state index is -0.401. The summed E-state index contributed by atoms with van der Waals surface area (Å²) < 4.78 is 0. The van der Waals surface area contributed by atoms with E-state index >= 15 is 0 Å². The molecule has 3 heteroatoms. The second-order valence-electron chi connectivity index (χ2n) is 14.4. The van der Waals surface area contributed by atoms with Crippen LogP contribution in [0.15, 0.2) is 36.4 Å². The van der Waals surface area contributed by atoms with Crippen LogP contribution in [0.4, 0.5) is 0 Å². The molecule has 0 aliphatic heterocycles. The van der Waals surface area contributed by atoms with Crippen LogP contribution in [0.2, 0.25) is 0 Å². The fraction of sp³-hybridized carbons (Fsp3) is 0.667. The quantitative estimate of drug-likeness (QED) is 0.234. The van der Waals surface area contributed by atoms with Crippen LogP contribution >= 0.6 is 15.8 Å². The summed E-state index contributed by atoms with van der Waals surface area (Å²) in [6.45, 7) is 26.8. The molecule has 2 aliphatic carbocycles. The van der Waals surface area contributed by atoms with Crippen LogP contribution in [-0.4, -0.2) is 21.6 Å². The fourth-order valence-corrected chi connectivity index (χ4v) is 16.4. The maximum atomic E-state index is 2.61. The number of aryl methyl sites for hydroxylation is 4. The van der Waals surface area contributed by atoms with Crippen LogP contribution in [-0.2, 0) is 17.1 Å². The van der Waals surface area contributed by atoms with Crippen LogP contribution in [0, 0.1) is 33.6 Å². The Labute approximate surface area is 256 Å². The van der Waals surface area contributed by atoms with Gasteiger partial charge in [-0.15, -0.1) is 0 Å². The van der Waals surface area contributed by atoms with Gasteiger partial charge in [-0.3, -0.25) is 0 Å². The second kappa shape index (κ2) is 14.8. The van der Waals surface area contributed by atoms with Gasteiger partial charge in [-0.05, 0) is 86.6 Å². The van der Waals surface area contributed by atoms with Crippen molar-refractivity contribution in [2.24, 2.45) is 5.92 Å². The molecular weight excluding hydrogens is 550 g/mol. The van der Waals surface area contributed by atoms with Crippen LogP contribution in [0.25, 0.3) is 0 Å². The smallest absolute Gasteiger partial charge is 0 e. The zero-order valence-electron chi connectivity index (χ0n) is 27.1. The normalized spacial score (nSPS) is 20.5. The molecule has 0 heterocycles. The first-order valence-electron chi connectivity index (χ1n) is 15.4. The number of benzene rings is 2. The van der Waals surface area contributed by atoms with E-state index in [0.29, 0.717) is 16.0 Å². The van der Waals surface area contributed by atoms with Gasteiger partial charge in [0.1, 0.15) is 0 Å². The summed E-state index contributed by atoms with van der Waals surface area (Å²) in [7, 11) is -0.493. The van der Waals surface area contributed by atoms with Crippen LogP contribution < -0.4 is 10.6 Å². The van der Waals surface area contributed by atoms with E-state index in [9.17, 15) is 0 Å². The zero-order valence-corrected chi connectivity index (χ0v) is 30.0. The van der Waals surface area contributed by atoms with Crippen molar-refractivity contribution >= 4 is 26.5 Å². The van der Waals surface area contributed by atoms with E-state index in [0.717, 1.165) is 11.6 Å². The first kappa shape index (κ1) is 35.0. The molecule has 39 heavy (non-hydrogen) atoms. The van der Waals surface area contributed by atoms with Crippen molar-refractivity contribution in [3.8, 4) is 0 Å². The summed E-state index contributed by atoms with van der Waals surface area (Å²) >= 11 is 0. The van der Waals surface area contributed by atoms with Crippen LogP contribution in [0.3, 0.4) is 0 Å². The average molecular weight is 609 g/mol.